The van der Waals surface area contributed by atoms with E-state index in [1.165, 1.54) is 4.90 Å². The molecule has 2 aliphatic rings. The zero-order valence-electron chi connectivity index (χ0n) is 14.9. The minimum atomic E-state index is -0.591. The number of anilines is 1. The molecule has 1 aromatic rings. The minimum Gasteiger partial charge on any atom is -0.341 e. The van der Waals surface area contributed by atoms with Crippen molar-refractivity contribution < 1.29 is 14.4 Å². The number of benzene rings is 1. The van der Waals surface area contributed by atoms with Gasteiger partial charge in [-0.05, 0) is 38.8 Å². The van der Waals surface area contributed by atoms with E-state index >= 15 is 0 Å². The molecule has 0 aromatic heterocycles. The summed E-state index contributed by atoms with van der Waals surface area (Å²) in [5, 5.41) is 0. The van der Waals surface area contributed by atoms with Crippen molar-refractivity contribution in [2.75, 3.05) is 24.5 Å². The molecule has 0 N–H and O–H groups in total. The number of hydrogen-bond acceptors (Lipinski definition) is 3. The topological polar surface area (TPSA) is 60.9 Å². The molecule has 2 aliphatic heterocycles. The maximum absolute atomic E-state index is 12.8. The van der Waals surface area contributed by atoms with Crippen LogP contribution in [-0.4, -0.2) is 53.3 Å². The second-order valence-corrected chi connectivity index (χ2v) is 6.88. The molecule has 4 amide bonds. The summed E-state index contributed by atoms with van der Waals surface area (Å²) in [6.45, 7) is 4.94. The van der Waals surface area contributed by atoms with Gasteiger partial charge in [-0.1, -0.05) is 30.5 Å². The molecule has 6 nitrogen and oxygen atoms in total. The predicted octanol–water partition coefficient (Wildman–Crippen LogP) is 2.55. The molecule has 1 atom stereocenters. The first-order valence-corrected chi connectivity index (χ1v) is 8.98. The molecule has 0 unspecified atom stereocenters. The number of imide groups is 1. The summed E-state index contributed by atoms with van der Waals surface area (Å²) in [6.07, 6.45) is 4.23. The lowest BCUT2D eigenvalue weighted by atomic mass is 10.2. The number of amides is 4. The molecule has 0 bridgehead atoms. The van der Waals surface area contributed by atoms with Crippen molar-refractivity contribution in [2.45, 2.75) is 45.6 Å². The van der Waals surface area contributed by atoms with Crippen LogP contribution in [0.1, 0.15) is 38.2 Å². The van der Waals surface area contributed by atoms with Gasteiger partial charge in [-0.15, -0.1) is 0 Å². The maximum atomic E-state index is 12.8. The van der Waals surface area contributed by atoms with Gasteiger partial charge >= 0.3 is 6.03 Å². The van der Waals surface area contributed by atoms with Gasteiger partial charge in [0.05, 0.1) is 0 Å². The second kappa shape index (κ2) is 7.25. The van der Waals surface area contributed by atoms with Gasteiger partial charge in [0.15, 0.2) is 0 Å². The highest BCUT2D eigenvalue weighted by molar-refractivity contribution is 6.15. The summed E-state index contributed by atoms with van der Waals surface area (Å²) in [4.78, 5) is 42.2. The number of carbonyl (C=O) groups excluding carboxylic acids is 3. The van der Waals surface area contributed by atoms with Crippen molar-refractivity contribution in [1.82, 2.24) is 9.80 Å². The quantitative estimate of drug-likeness (QED) is 0.793. The van der Waals surface area contributed by atoms with E-state index in [0.29, 0.717) is 18.8 Å². The number of carbonyl (C=O) groups is 3. The van der Waals surface area contributed by atoms with Crippen LogP contribution in [0.4, 0.5) is 10.5 Å². The van der Waals surface area contributed by atoms with Crippen LogP contribution in [-0.2, 0) is 9.59 Å². The van der Waals surface area contributed by atoms with Crippen LogP contribution in [0.2, 0.25) is 0 Å². The summed E-state index contributed by atoms with van der Waals surface area (Å²) in [5.41, 5.74) is 1.77. The van der Waals surface area contributed by atoms with Crippen LogP contribution in [0.15, 0.2) is 24.3 Å². The summed E-state index contributed by atoms with van der Waals surface area (Å²) in [7, 11) is 0. The average molecular weight is 343 g/mol. The molecule has 0 aliphatic carbocycles. The highest BCUT2D eigenvalue weighted by Crippen LogP contribution is 2.26. The van der Waals surface area contributed by atoms with Gasteiger partial charge in [-0.25, -0.2) is 4.79 Å². The normalized spacial score (nSPS) is 21.7. The molecule has 3 rings (SSSR count). The Labute approximate surface area is 148 Å². The summed E-state index contributed by atoms with van der Waals surface area (Å²) in [6, 6.07) is 6.47. The smallest absolute Gasteiger partial charge is 0.332 e. The third kappa shape index (κ3) is 3.52. The van der Waals surface area contributed by atoms with Crippen molar-refractivity contribution in [3.8, 4) is 0 Å². The SMILES string of the molecule is Cc1ccc(N2C(=O)N(CC(=O)N3CCCCCC3)C(=O)[C@@H]2C)cc1. The van der Waals surface area contributed by atoms with Gasteiger partial charge in [0.1, 0.15) is 12.6 Å². The standard InChI is InChI=1S/C19H25N3O3/c1-14-7-9-16(10-8-14)22-15(2)18(24)21(19(22)25)13-17(23)20-11-5-3-4-6-12-20/h7-10,15H,3-6,11-13H2,1-2H3/t15-/m0/s1. The fourth-order valence-electron chi connectivity index (χ4n) is 3.47. The fraction of sp³-hybridized carbons (Fsp3) is 0.526. The Bertz CT molecular complexity index is 663. The highest BCUT2D eigenvalue weighted by atomic mass is 16.2. The van der Waals surface area contributed by atoms with Gasteiger partial charge in [-0.3, -0.25) is 19.4 Å². The lowest BCUT2D eigenvalue weighted by molar-refractivity contribution is -0.137. The Morgan fingerprint density at radius 2 is 1.64 bits per heavy atom. The van der Waals surface area contributed by atoms with Crippen molar-refractivity contribution >= 4 is 23.5 Å². The second-order valence-electron chi connectivity index (χ2n) is 6.88. The largest absolute Gasteiger partial charge is 0.341 e. The zero-order chi connectivity index (χ0) is 18.0. The van der Waals surface area contributed by atoms with Crippen LogP contribution in [0, 0.1) is 6.92 Å². The number of likely N-dealkylation sites (tertiary alicyclic amines) is 1. The molecule has 6 heteroatoms. The highest BCUT2D eigenvalue weighted by Gasteiger charge is 2.44. The first-order chi connectivity index (χ1) is 12.0. The van der Waals surface area contributed by atoms with Crippen molar-refractivity contribution in [1.29, 1.82) is 0 Å². The maximum Gasteiger partial charge on any atom is 0.332 e. The summed E-state index contributed by atoms with van der Waals surface area (Å²) >= 11 is 0. The Hall–Kier alpha value is -2.37. The van der Waals surface area contributed by atoms with Crippen LogP contribution < -0.4 is 4.90 Å². The number of aryl methyl sites for hydroxylation is 1. The Morgan fingerprint density at radius 3 is 2.24 bits per heavy atom. The van der Waals surface area contributed by atoms with Gasteiger partial charge in [0.25, 0.3) is 5.91 Å². The van der Waals surface area contributed by atoms with E-state index in [0.717, 1.165) is 36.1 Å². The van der Waals surface area contributed by atoms with Crippen molar-refractivity contribution in [3.05, 3.63) is 29.8 Å². The molecule has 0 radical (unpaired) electrons. The summed E-state index contributed by atoms with van der Waals surface area (Å²) < 4.78 is 0. The Kier molecular flexibility index (Phi) is 5.06. The molecule has 1 aromatic carbocycles. The zero-order valence-corrected chi connectivity index (χ0v) is 14.9. The first kappa shape index (κ1) is 17.5. The molecular formula is C19H25N3O3. The summed E-state index contributed by atoms with van der Waals surface area (Å²) in [5.74, 6) is -0.449. The van der Waals surface area contributed by atoms with E-state index in [9.17, 15) is 14.4 Å². The van der Waals surface area contributed by atoms with Crippen LogP contribution in [0.3, 0.4) is 0 Å². The Balaban J connectivity index is 1.73. The number of nitrogens with zero attached hydrogens (tertiary/aromatic N) is 3. The third-order valence-electron chi connectivity index (χ3n) is 5.01. The van der Waals surface area contributed by atoms with Gasteiger partial charge in [0, 0.05) is 18.8 Å². The van der Waals surface area contributed by atoms with Crippen LogP contribution >= 0.6 is 0 Å². The molecular weight excluding hydrogens is 318 g/mol. The molecule has 25 heavy (non-hydrogen) atoms. The lowest BCUT2D eigenvalue weighted by Crippen LogP contribution is -2.43. The fourth-order valence-corrected chi connectivity index (χ4v) is 3.47. The van der Waals surface area contributed by atoms with Gasteiger partial charge < -0.3 is 4.90 Å². The van der Waals surface area contributed by atoms with E-state index < -0.39 is 12.1 Å². The van der Waals surface area contributed by atoms with Crippen molar-refractivity contribution in [3.63, 3.8) is 0 Å². The number of hydrogen-bond donors (Lipinski definition) is 0. The third-order valence-corrected chi connectivity index (χ3v) is 5.01. The minimum absolute atomic E-state index is 0.137. The average Bonchev–Trinajstić information content (AvgIpc) is 2.83. The first-order valence-electron chi connectivity index (χ1n) is 8.98. The predicted molar refractivity (Wildman–Crippen MR) is 95.3 cm³/mol. The molecule has 0 spiro atoms. The lowest BCUT2D eigenvalue weighted by Gasteiger charge is -2.23. The van der Waals surface area contributed by atoms with E-state index in [4.69, 9.17) is 0 Å². The Morgan fingerprint density at radius 1 is 1.04 bits per heavy atom. The molecule has 2 fully saturated rings. The molecule has 2 saturated heterocycles. The van der Waals surface area contributed by atoms with Gasteiger partial charge in [0.2, 0.25) is 5.91 Å². The van der Waals surface area contributed by atoms with Gasteiger partial charge in [-0.2, -0.15) is 0 Å². The van der Waals surface area contributed by atoms with E-state index in [2.05, 4.69) is 0 Å². The number of rotatable bonds is 3. The van der Waals surface area contributed by atoms with Crippen LogP contribution in [0.25, 0.3) is 0 Å². The molecule has 0 saturated carbocycles. The van der Waals surface area contributed by atoms with E-state index in [-0.39, 0.29) is 18.4 Å². The molecule has 2 heterocycles. The monoisotopic (exact) mass is 343 g/mol. The van der Waals surface area contributed by atoms with Crippen LogP contribution in [0.5, 0.6) is 0 Å². The number of urea groups is 1. The van der Waals surface area contributed by atoms with E-state index in [1.54, 1.807) is 11.8 Å². The van der Waals surface area contributed by atoms with Crippen molar-refractivity contribution in [2.24, 2.45) is 0 Å². The van der Waals surface area contributed by atoms with E-state index in [1.807, 2.05) is 31.2 Å². The molecule has 134 valence electrons.